The van der Waals surface area contributed by atoms with Gasteiger partial charge >= 0.3 is 0 Å². The first-order chi connectivity index (χ1) is 15.0. The van der Waals surface area contributed by atoms with Crippen molar-refractivity contribution in [3.63, 3.8) is 0 Å². The molecule has 1 atom stereocenters. The number of hydrogen-bond donors (Lipinski definition) is 3. The molecule has 1 aromatic heterocycles. The van der Waals surface area contributed by atoms with Crippen LogP contribution in [0.4, 0.5) is 10.2 Å². The number of rotatable bonds is 8. The van der Waals surface area contributed by atoms with Crippen LogP contribution in [0.25, 0.3) is 0 Å². The monoisotopic (exact) mass is 574 g/mol. The number of aliphatic imine (C=N–C) groups is 1. The van der Waals surface area contributed by atoms with Crippen LogP contribution in [0.2, 0.25) is 5.02 Å². The molecule has 10 heteroatoms. The zero-order valence-corrected chi connectivity index (χ0v) is 21.1. The highest BCUT2D eigenvalue weighted by atomic mass is 127. The van der Waals surface area contributed by atoms with Gasteiger partial charge in [0, 0.05) is 38.4 Å². The molecule has 1 aliphatic heterocycles. The third kappa shape index (κ3) is 8.09. The molecular weight excluding hydrogens is 546 g/mol. The number of halogens is 3. The van der Waals surface area contributed by atoms with Crippen LogP contribution in [0.15, 0.2) is 47.6 Å². The molecule has 0 bridgehead atoms. The van der Waals surface area contributed by atoms with Crippen molar-refractivity contribution < 1.29 is 9.18 Å². The molecule has 0 radical (unpaired) electrons. The number of nitrogens with one attached hydrogen (secondary N) is 3. The highest BCUT2D eigenvalue weighted by Gasteiger charge is 2.25. The summed E-state index contributed by atoms with van der Waals surface area (Å²) in [5, 5.41) is 10.1. The van der Waals surface area contributed by atoms with E-state index in [0.717, 1.165) is 31.9 Å². The Morgan fingerprint density at radius 1 is 1.31 bits per heavy atom. The maximum absolute atomic E-state index is 13.2. The van der Waals surface area contributed by atoms with Crippen LogP contribution in [0, 0.1) is 5.82 Å². The maximum Gasteiger partial charge on any atom is 0.224 e. The van der Waals surface area contributed by atoms with E-state index in [1.165, 1.54) is 12.1 Å². The Balaban J connectivity index is 0.00000363. The van der Waals surface area contributed by atoms with Crippen LogP contribution in [0.5, 0.6) is 0 Å². The van der Waals surface area contributed by atoms with Crippen LogP contribution < -0.4 is 20.9 Å². The van der Waals surface area contributed by atoms with Gasteiger partial charge in [-0.05, 0) is 43.2 Å². The first-order valence-corrected chi connectivity index (χ1v) is 10.8. The summed E-state index contributed by atoms with van der Waals surface area (Å²) in [7, 11) is 0. The van der Waals surface area contributed by atoms with Gasteiger partial charge in [0.2, 0.25) is 5.91 Å². The number of guanidine groups is 1. The fourth-order valence-corrected chi connectivity index (χ4v) is 3.69. The second-order valence-electron chi connectivity index (χ2n) is 7.30. The quantitative estimate of drug-likeness (QED) is 0.196. The molecule has 3 rings (SSSR count). The highest BCUT2D eigenvalue weighted by molar-refractivity contribution is 14.0. The molecule has 2 aromatic rings. The number of aromatic nitrogens is 1. The summed E-state index contributed by atoms with van der Waals surface area (Å²) >= 11 is 6.26. The van der Waals surface area contributed by atoms with Gasteiger partial charge in [-0.1, -0.05) is 23.7 Å². The lowest BCUT2D eigenvalue weighted by Gasteiger charge is -2.20. The number of hydrogen-bond acceptors (Lipinski definition) is 4. The average Bonchev–Trinajstić information content (AvgIpc) is 3.20. The Bertz CT molecular complexity index is 915. The highest BCUT2D eigenvalue weighted by Crippen LogP contribution is 2.25. The minimum absolute atomic E-state index is 0. The lowest BCUT2D eigenvalue weighted by molar-refractivity contribution is -0.120. The Hall–Kier alpha value is -2.14. The molecule has 1 amide bonds. The predicted molar refractivity (Wildman–Crippen MR) is 138 cm³/mol. The van der Waals surface area contributed by atoms with Gasteiger partial charge in [0.05, 0.1) is 18.0 Å². The number of carbonyl (C=O) groups excluding carboxylic acids is 1. The molecule has 3 N–H and O–H groups in total. The number of benzene rings is 1. The van der Waals surface area contributed by atoms with Crippen LogP contribution in [0.1, 0.15) is 18.9 Å². The van der Waals surface area contributed by atoms with Gasteiger partial charge in [0.25, 0.3) is 0 Å². The molecule has 1 saturated heterocycles. The number of amides is 1. The molecule has 2 heterocycles. The van der Waals surface area contributed by atoms with Gasteiger partial charge < -0.3 is 20.9 Å². The molecule has 0 spiro atoms. The van der Waals surface area contributed by atoms with E-state index in [4.69, 9.17) is 11.6 Å². The third-order valence-corrected chi connectivity index (χ3v) is 5.16. The normalized spacial score (nSPS) is 15.8. The van der Waals surface area contributed by atoms with Gasteiger partial charge in [-0.25, -0.2) is 9.37 Å². The molecule has 174 valence electrons. The van der Waals surface area contributed by atoms with Gasteiger partial charge in [0.15, 0.2) is 5.96 Å². The molecule has 1 aliphatic rings. The second kappa shape index (κ2) is 13.4. The van der Waals surface area contributed by atoms with Gasteiger partial charge in [0.1, 0.15) is 11.6 Å². The minimum Gasteiger partial charge on any atom is -0.357 e. The Kier molecular flexibility index (Phi) is 10.9. The molecule has 32 heavy (non-hydrogen) atoms. The van der Waals surface area contributed by atoms with E-state index in [9.17, 15) is 9.18 Å². The van der Waals surface area contributed by atoms with Crippen molar-refractivity contribution in [2.45, 2.75) is 25.8 Å². The lowest BCUT2D eigenvalue weighted by atomic mass is 10.1. The zero-order valence-electron chi connectivity index (χ0n) is 18.0. The second-order valence-corrected chi connectivity index (χ2v) is 7.71. The minimum atomic E-state index is -0.341. The Labute approximate surface area is 210 Å². The SMILES string of the molecule is CCNC(=NCCNC(=O)Cc1cccc(F)c1)NC1CCN(c2ncccc2Cl)C1.I. The molecule has 1 fully saturated rings. The Morgan fingerprint density at radius 2 is 2.16 bits per heavy atom. The van der Waals surface area contributed by atoms with Crippen LogP contribution in [0.3, 0.4) is 0 Å². The fourth-order valence-electron chi connectivity index (χ4n) is 3.45. The van der Waals surface area contributed by atoms with E-state index in [1.54, 1.807) is 18.3 Å². The smallest absolute Gasteiger partial charge is 0.224 e. The lowest BCUT2D eigenvalue weighted by Crippen LogP contribution is -2.45. The standard InChI is InChI=1S/C22H28ClFN6O.HI/c1-2-25-22(28-11-10-26-20(31)14-16-5-3-6-17(24)13-16)29-18-8-12-30(15-18)21-19(23)7-4-9-27-21;/h3-7,9,13,18H,2,8,10-12,14-15H2,1H3,(H,26,31)(H2,25,28,29);1H. The fraction of sp³-hybridized carbons (Fsp3) is 0.409. The Morgan fingerprint density at radius 3 is 2.91 bits per heavy atom. The number of anilines is 1. The van der Waals surface area contributed by atoms with Gasteiger partial charge in [-0.3, -0.25) is 9.79 Å². The first kappa shape index (κ1) is 26.1. The van der Waals surface area contributed by atoms with E-state index in [1.807, 2.05) is 19.1 Å². The molecule has 0 saturated carbocycles. The maximum atomic E-state index is 13.2. The molecule has 1 unspecified atom stereocenters. The summed E-state index contributed by atoms with van der Waals surface area (Å²) in [5.74, 6) is 1.02. The van der Waals surface area contributed by atoms with Gasteiger partial charge in [-0.15, -0.1) is 24.0 Å². The van der Waals surface area contributed by atoms with Crippen molar-refractivity contribution in [1.82, 2.24) is 20.9 Å². The summed E-state index contributed by atoms with van der Waals surface area (Å²) in [6, 6.07) is 9.95. The van der Waals surface area contributed by atoms with E-state index in [0.29, 0.717) is 29.6 Å². The topological polar surface area (TPSA) is 81.6 Å². The van der Waals surface area contributed by atoms with E-state index >= 15 is 0 Å². The van der Waals surface area contributed by atoms with Crippen molar-refractivity contribution in [3.8, 4) is 0 Å². The summed E-state index contributed by atoms with van der Waals surface area (Å²) < 4.78 is 13.2. The van der Waals surface area contributed by atoms with Crippen LogP contribution >= 0.6 is 35.6 Å². The van der Waals surface area contributed by atoms with Crippen molar-refractivity contribution in [2.75, 3.05) is 37.6 Å². The van der Waals surface area contributed by atoms with Gasteiger partial charge in [-0.2, -0.15) is 0 Å². The molecular formula is C22H29ClFIN6O. The molecule has 1 aromatic carbocycles. The van der Waals surface area contributed by atoms with E-state index < -0.39 is 0 Å². The third-order valence-electron chi connectivity index (χ3n) is 4.87. The van der Waals surface area contributed by atoms with Crippen molar-refractivity contribution in [1.29, 1.82) is 0 Å². The predicted octanol–water partition coefficient (Wildman–Crippen LogP) is 2.98. The summed E-state index contributed by atoms with van der Waals surface area (Å²) in [5.41, 5.74) is 0.648. The molecule has 0 aliphatic carbocycles. The largest absolute Gasteiger partial charge is 0.357 e. The number of nitrogens with zero attached hydrogens (tertiary/aromatic N) is 3. The van der Waals surface area contributed by atoms with Crippen LogP contribution in [-0.4, -0.2) is 55.6 Å². The summed E-state index contributed by atoms with van der Waals surface area (Å²) in [6.45, 7) is 5.24. The summed E-state index contributed by atoms with van der Waals surface area (Å²) in [4.78, 5) is 23.1. The first-order valence-electron chi connectivity index (χ1n) is 10.5. The number of pyridine rings is 1. The van der Waals surface area contributed by atoms with E-state index in [-0.39, 0.29) is 48.2 Å². The van der Waals surface area contributed by atoms with Crippen molar-refractivity contribution >= 4 is 53.3 Å². The van der Waals surface area contributed by atoms with E-state index in [2.05, 4.69) is 30.8 Å². The summed E-state index contributed by atoms with van der Waals surface area (Å²) in [6.07, 6.45) is 2.84. The average molecular weight is 575 g/mol. The number of carbonyl (C=O) groups is 1. The zero-order chi connectivity index (χ0) is 22.1. The molecule has 7 nitrogen and oxygen atoms in total. The van der Waals surface area contributed by atoms with Crippen molar-refractivity contribution in [3.05, 3.63) is 59.0 Å². The van der Waals surface area contributed by atoms with Crippen molar-refractivity contribution in [2.24, 2.45) is 4.99 Å². The van der Waals surface area contributed by atoms with Crippen LogP contribution in [-0.2, 0) is 11.2 Å².